The second kappa shape index (κ2) is 7.58. The number of hydrogen-bond acceptors (Lipinski definition) is 3. The van der Waals surface area contributed by atoms with Crippen LogP contribution < -0.4 is 5.32 Å². The average Bonchev–Trinajstić information content (AvgIpc) is 2.68. The van der Waals surface area contributed by atoms with Gasteiger partial charge in [0.1, 0.15) is 0 Å². The lowest BCUT2D eigenvalue weighted by molar-refractivity contribution is -0.117. The van der Waals surface area contributed by atoms with E-state index in [0.29, 0.717) is 36.0 Å². The Hall–Kier alpha value is -2.18. The summed E-state index contributed by atoms with van der Waals surface area (Å²) in [6.45, 7) is 5.07. The van der Waals surface area contributed by atoms with E-state index >= 15 is 0 Å². The van der Waals surface area contributed by atoms with Crippen LogP contribution in [0.2, 0.25) is 0 Å². The molecule has 154 valence electrons. The van der Waals surface area contributed by atoms with E-state index in [-0.39, 0.29) is 11.3 Å². The summed E-state index contributed by atoms with van der Waals surface area (Å²) in [6.07, 6.45) is 3.11. The number of hydrogen-bond donors (Lipinski definition) is 1. The maximum Gasteiger partial charge on any atom is 0.243 e. The molecular weight excluding hydrogens is 384 g/mol. The third-order valence-electron chi connectivity index (χ3n) is 6.18. The van der Waals surface area contributed by atoms with Crippen LogP contribution in [-0.4, -0.2) is 31.7 Å². The van der Waals surface area contributed by atoms with Crippen molar-refractivity contribution in [3.63, 3.8) is 0 Å². The number of nitrogens with zero attached hydrogens (tertiary/aromatic N) is 1. The van der Waals surface area contributed by atoms with Crippen LogP contribution in [0.4, 0.5) is 5.69 Å². The van der Waals surface area contributed by atoms with Crippen molar-refractivity contribution in [3.8, 4) is 0 Å². The van der Waals surface area contributed by atoms with Crippen molar-refractivity contribution in [2.45, 2.75) is 49.8 Å². The first-order chi connectivity index (χ1) is 13.8. The van der Waals surface area contributed by atoms with E-state index in [9.17, 15) is 13.2 Å². The lowest BCUT2D eigenvalue weighted by atomic mass is 9.78. The number of carbonyl (C=O) groups excluding carboxylic acids is 1. The standard InChI is InChI=1S/C23H28N2O3S/c1-23(2)16-22(26)24-21-9-8-19(15-20(21)23)29(27,28)25-12-10-18(11-13-25)14-17-6-4-3-5-7-17/h3-9,15,18H,10-14,16H2,1-2H3,(H,24,26). The van der Waals surface area contributed by atoms with E-state index in [4.69, 9.17) is 0 Å². The molecule has 0 spiro atoms. The molecule has 2 aliphatic heterocycles. The van der Waals surface area contributed by atoms with Crippen molar-refractivity contribution in [2.75, 3.05) is 18.4 Å². The summed E-state index contributed by atoms with van der Waals surface area (Å²) < 4.78 is 28.1. The lowest BCUT2D eigenvalue weighted by Crippen LogP contribution is -2.39. The highest BCUT2D eigenvalue weighted by atomic mass is 32.2. The van der Waals surface area contributed by atoms with E-state index in [1.165, 1.54) is 5.56 Å². The molecule has 4 rings (SSSR count). The molecule has 2 aromatic carbocycles. The van der Waals surface area contributed by atoms with Crippen molar-refractivity contribution in [3.05, 3.63) is 59.7 Å². The quantitative estimate of drug-likeness (QED) is 0.827. The number of benzene rings is 2. The van der Waals surface area contributed by atoms with Crippen molar-refractivity contribution in [1.82, 2.24) is 4.31 Å². The van der Waals surface area contributed by atoms with Crippen LogP contribution in [0.3, 0.4) is 0 Å². The molecule has 2 aromatic rings. The van der Waals surface area contributed by atoms with Gasteiger partial charge in [0, 0.05) is 30.6 Å². The zero-order valence-electron chi connectivity index (χ0n) is 17.0. The zero-order valence-corrected chi connectivity index (χ0v) is 17.8. The number of piperidine rings is 1. The molecule has 5 nitrogen and oxygen atoms in total. The Bertz CT molecular complexity index is 1010. The van der Waals surface area contributed by atoms with Gasteiger partial charge in [0.2, 0.25) is 15.9 Å². The topological polar surface area (TPSA) is 66.5 Å². The van der Waals surface area contributed by atoms with Crippen molar-refractivity contribution >= 4 is 21.6 Å². The molecule has 2 heterocycles. The predicted molar refractivity (Wildman–Crippen MR) is 114 cm³/mol. The zero-order chi connectivity index (χ0) is 20.6. The summed E-state index contributed by atoms with van der Waals surface area (Å²) in [5.41, 5.74) is 2.53. The summed E-state index contributed by atoms with van der Waals surface area (Å²) in [7, 11) is -3.53. The minimum absolute atomic E-state index is 0.0291. The molecule has 1 N–H and O–H groups in total. The molecule has 0 saturated carbocycles. The Kier molecular flexibility index (Phi) is 5.25. The number of amides is 1. The molecule has 0 atom stereocenters. The van der Waals surface area contributed by atoms with E-state index in [0.717, 1.165) is 24.8 Å². The smallest absolute Gasteiger partial charge is 0.243 e. The van der Waals surface area contributed by atoms with E-state index in [1.807, 2.05) is 19.9 Å². The van der Waals surface area contributed by atoms with Crippen LogP contribution in [-0.2, 0) is 26.7 Å². The maximum atomic E-state index is 13.3. The largest absolute Gasteiger partial charge is 0.326 e. The second-order valence-corrected chi connectivity index (χ2v) is 10.8. The van der Waals surface area contributed by atoms with E-state index < -0.39 is 10.0 Å². The van der Waals surface area contributed by atoms with Gasteiger partial charge in [-0.3, -0.25) is 4.79 Å². The molecule has 0 radical (unpaired) electrons. The molecular formula is C23H28N2O3S. The first kappa shape index (κ1) is 20.1. The van der Waals surface area contributed by atoms with Crippen LogP contribution in [0.15, 0.2) is 53.4 Å². The minimum Gasteiger partial charge on any atom is -0.326 e. The molecule has 6 heteroatoms. The molecule has 29 heavy (non-hydrogen) atoms. The fourth-order valence-electron chi connectivity index (χ4n) is 4.49. The lowest BCUT2D eigenvalue weighted by Gasteiger charge is -2.34. The van der Waals surface area contributed by atoms with Crippen LogP contribution >= 0.6 is 0 Å². The Labute approximate surface area is 173 Å². The fraction of sp³-hybridized carbons (Fsp3) is 0.435. The van der Waals surface area contributed by atoms with Crippen LogP contribution in [0.5, 0.6) is 0 Å². The van der Waals surface area contributed by atoms with Gasteiger partial charge < -0.3 is 5.32 Å². The van der Waals surface area contributed by atoms with Gasteiger partial charge in [0.05, 0.1) is 4.90 Å². The third-order valence-corrected chi connectivity index (χ3v) is 8.07. The number of anilines is 1. The second-order valence-electron chi connectivity index (χ2n) is 8.85. The highest BCUT2D eigenvalue weighted by Crippen LogP contribution is 2.39. The molecule has 2 aliphatic rings. The van der Waals surface area contributed by atoms with Crippen LogP contribution in [0.1, 0.15) is 44.2 Å². The van der Waals surface area contributed by atoms with Gasteiger partial charge in [-0.1, -0.05) is 44.2 Å². The predicted octanol–water partition coefficient (Wildman–Crippen LogP) is 3.95. The highest BCUT2D eigenvalue weighted by molar-refractivity contribution is 7.89. The monoisotopic (exact) mass is 412 g/mol. The van der Waals surface area contributed by atoms with Crippen LogP contribution in [0, 0.1) is 5.92 Å². The van der Waals surface area contributed by atoms with Gasteiger partial charge in [-0.15, -0.1) is 0 Å². The molecule has 0 aliphatic carbocycles. The number of carbonyl (C=O) groups is 1. The summed E-state index contributed by atoms with van der Waals surface area (Å²) in [5, 5.41) is 2.86. The average molecular weight is 413 g/mol. The molecule has 0 aromatic heterocycles. The molecule has 0 bridgehead atoms. The van der Waals surface area contributed by atoms with Gasteiger partial charge >= 0.3 is 0 Å². The molecule has 1 amide bonds. The molecule has 1 saturated heterocycles. The number of sulfonamides is 1. The Morgan fingerprint density at radius 2 is 1.76 bits per heavy atom. The van der Waals surface area contributed by atoms with Crippen molar-refractivity contribution in [2.24, 2.45) is 5.92 Å². The highest BCUT2D eigenvalue weighted by Gasteiger charge is 2.35. The summed E-state index contributed by atoms with van der Waals surface area (Å²) in [4.78, 5) is 12.2. The number of rotatable bonds is 4. The maximum absolute atomic E-state index is 13.3. The first-order valence-corrected chi connectivity index (χ1v) is 11.7. The van der Waals surface area contributed by atoms with Gasteiger partial charge in [-0.05, 0) is 54.5 Å². The van der Waals surface area contributed by atoms with Gasteiger partial charge in [0.25, 0.3) is 0 Å². The Morgan fingerprint density at radius 1 is 1.07 bits per heavy atom. The fourth-order valence-corrected chi connectivity index (χ4v) is 5.99. The first-order valence-electron chi connectivity index (χ1n) is 10.2. The van der Waals surface area contributed by atoms with Gasteiger partial charge in [-0.25, -0.2) is 8.42 Å². The minimum atomic E-state index is -3.53. The van der Waals surface area contributed by atoms with Gasteiger partial charge in [0.15, 0.2) is 0 Å². The van der Waals surface area contributed by atoms with Crippen molar-refractivity contribution < 1.29 is 13.2 Å². The summed E-state index contributed by atoms with van der Waals surface area (Å²) in [5.74, 6) is 0.486. The van der Waals surface area contributed by atoms with E-state index in [2.05, 4.69) is 29.6 Å². The number of fused-ring (bicyclic) bond motifs is 1. The van der Waals surface area contributed by atoms with Crippen molar-refractivity contribution in [1.29, 1.82) is 0 Å². The SMILES string of the molecule is CC1(C)CC(=O)Nc2ccc(S(=O)(=O)N3CCC(Cc4ccccc4)CC3)cc21. The molecule has 1 fully saturated rings. The van der Waals surface area contributed by atoms with E-state index in [1.54, 1.807) is 22.5 Å². The van der Waals surface area contributed by atoms with Gasteiger partial charge in [-0.2, -0.15) is 4.31 Å². The Balaban J connectivity index is 1.49. The number of nitrogens with one attached hydrogen (secondary N) is 1. The Morgan fingerprint density at radius 3 is 2.45 bits per heavy atom. The normalized spacial score (nSPS) is 20.1. The van der Waals surface area contributed by atoms with Crippen LogP contribution in [0.25, 0.3) is 0 Å². The third kappa shape index (κ3) is 4.09. The summed E-state index contributed by atoms with van der Waals surface area (Å²) in [6, 6.07) is 15.5. The molecule has 0 unspecified atom stereocenters. The summed E-state index contributed by atoms with van der Waals surface area (Å²) >= 11 is 0.